The van der Waals surface area contributed by atoms with Crippen molar-refractivity contribution in [2.45, 2.75) is 263 Å². The maximum absolute atomic E-state index is 13.2. The second kappa shape index (κ2) is 55.4. The normalized spacial score (nSPS) is 18.7. The summed E-state index contributed by atoms with van der Waals surface area (Å²) in [6.07, 6.45) is 65.8. The number of aliphatic hydroxyl groups excluding tert-OH is 2. The third-order valence-electron chi connectivity index (χ3n) is 13.2. The van der Waals surface area contributed by atoms with Crippen LogP contribution in [0.1, 0.15) is 226 Å². The van der Waals surface area contributed by atoms with E-state index in [1.54, 1.807) is 12.2 Å². The Bertz CT molecular complexity index is 1920. The summed E-state index contributed by atoms with van der Waals surface area (Å²) in [6, 6.07) is 0. The molecule has 0 aromatic rings. The van der Waals surface area contributed by atoms with E-state index < -0.39 is 67.3 Å². The van der Waals surface area contributed by atoms with Gasteiger partial charge in [-0.1, -0.05) is 225 Å². The monoisotopic (exact) mass is 1130 g/mol. The lowest BCUT2D eigenvalue weighted by Crippen LogP contribution is -2.61. The number of ether oxygens (including phenoxy) is 5. The standard InChI is InChI=1S/C69H108O12/c1-4-7-10-13-16-19-22-25-28-30-31-33-35-37-40-43-46-49-52-55-61(70)77-58-60(79-62(71)56-53-50-47-44-41-39-36-32-29-26-23-20-17-14-11-8-5-2)59-78-69-67(65(74)64(73)66(81-69)68(75)76)80-63(72)57-54-51-48-45-42-38-34-27-24-21-18-15-12-9-6-3/h8-9,11-12,16-21,25-29,34,36,39,42,45,51,54,60,64-67,69,73-74H,4-7,10,13-15,22-24,30-33,35,37-38,40-41,43-44,46-50,52-53,55-59H2,1-3H3,(H,75,76)/b11-8-,12-9-,19-16-,20-17-,21-18-,28-25-,29-26-,34-27-,39-36-,45-42-,54-51-. The van der Waals surface area contributed by atoms with Crippen LogP contribution in [0.15, 0.2) is 134 Å². The average molecular weight is 1130 g/mol. The fourth-order valence-electron chi connectivity index (χ4n) is 8.52. The Morgan fingerprint density at radius 2 is 0.815 bits per heavy atom. The van der Waals surface area contributed by atoms with Crippen LogP contribution < -0.4 is 0 Å². The van der Waals surface area contributed by atoms with Crippen molar-refractivity contribution in [1.82, 2.24) is 0 Å². The molecule has 1 fully saturated rings. The van der Waals surface area contributed by atoms with Crippen molar-refractivity contribution in [3.8, 4) is 0 Å². The number of hydrogen-bond donors (Lipinski definition) is 3. The van der Waals surface area contributed by atoms with Gasteiger partial charge in [0.2, 0.25) is 0 Å². The maximum Gasteiger partial charge on any atom is 0.335 e. The Hall–Kier alpha value is -5.14. The van der Waals surface area contributed by atoms with Gasteiger partial charge in [0.25, 0.3) is 0 Å². The second-order valence-electron chi connectivity index (χ2n) is 20.6. The Kier molecular flexibility index (Phi) is 50.5. The van der Waals surface area contributed by atoms with E-state index >= 15 is 0 Å². The number of carboxylic acid groups (broad SMARTS) is 1. The zero-order valence-electron chi connectivity index (χ0n) is 50.2. The molecule has 1 aliphatic rings. The number of hydrogen-bond acceptors (Lipinski definition) is 11. The number of carbonyl (C=O) groups is 4. The Morgan fingerprint density at radius 3 is 1.25 bits per heavy atom. The van der Waals surface area contributed by atoms with Crippen LogP contribution in [0, 0.1) is 0 Å². The minimum atomic E-state index is -1.95. The van der Waals surface area contributed by atoms with Crippen molar-refractivity contribution in [2.24, 2.45) is 0 Å². The molecule has 1 rings (SSSR count). The fourth-order valence-corrected chi connectivity index (χ4v) is 8.52. The second-order valence-corrected chi connectivity index (χ2v) is 20.6. The summed E-state index contributed by atoms with van der Waals surface area (Å²) in [6.45, 7) is 5.67. The Balaban J connectivity index is 2.74. The highest BCUT2D eigenvalue weighted by molar-refractivity contribution is 5.74. The van der Waals surface area contributed by atoms with E-state index in [0.29, 0.717) is 19.3 Å². The summed E-state index contributed by atoms with van der Waals surface area (Å²) < 4.78 is 28.3. The number of aliphatic hydroxyl groups is 2. The van der Waals surface area contributed by atoms with Crippen LogP contribution in [0.4, 0.5) is 0 Å². The summed E-state index contributed by atoms with van der Waals surface area (Å²) in [7, 11) is 0. The van der Waals surface area contributed by atoms with Crippen molar-refractivity contribution in [1.29, 1.82) is 0 Å². The minimum absolute atomic E-state index is 0.116. The molecule has 0 aliphatic carbocycles. The number of aliphatic carboxylic acids is 1. The van der Waals surface area contributed by atoms with Gasteiger partial charge in [0.1, 0.15) is 18.8 Å². The van der Waals surface area contributed by atoms with Crippen LogP contribution in [-0.4, -0.2) is 89.2 Å². The molecule has 0 aromatic heterocycles. The minimum Gasteiger partial charge on any atom is -0.479 e. The SMILES string of the molecule is CC/C=C\C/C=C\C/C=C\C/C=C\C/C=C\CC(=O)OC1C(OCC(COC(=O)CCCCCCCCCCC/C=C\C/C=C\CCCCC)OC(=O)CCCCCC/C=C\C/C=C\C/C=C\C/C=C\CC)OC(C(=O)O)C(O)C1O. The molecule has 6 unspecified atom stereocenters. The smallest absolute Gasteiger partial charge is 0.335 e. The summed E-state index contributed by atoms with van der Waals surface area (Å²) in [4.78, 5) is 51.2. The molecular formula is C69H108O12. The van der Waals surface area contributed by atoms with Crippen molar-refractivity contribution in [2.75, 3.05) is 13.2 Å². The topological polar surface area (TPSA) is 175 Å². The van der Waals surface area contributed by atoms with Gasteiger partial charge in [-0.15, -0.1) is 0 Å². The molecule has 81 heavy (non-hydrogen) atoms. The molecule has 0 amide bonds. The third-order valence-corrected chi connectivity index (χ3v) is 13.2. The molecule has 0 bridgehead atoms. The van der Waals surface area contributed by atoms with Gasteiger partial charge in [0, 0.05) is 12.8 Å². The summed E-state index contributed by atoms with van der Waals surface area (Å²) >= 11 is 0. The number of esters is 3. The van der Waals surface area contributed by atoms with Crippen molar-refractivity contribution in [3.63, 3.8) is 0 Å². The van der Waals surface area contributed by atoms with Crippen LogP contribution in [0.3, 0.4) is 0 Å². The number of rotatable bonds is 51. The number of allylic oxidation sites excluding steroid dienone is 21. The Morgan fingerprint density at radius 1 is 0.432 bits per heavy atom. The highest BCUT2D eigenvalue weighted by Gasteiger charge is 2.50. The molecule has 456 valence electrons. The van der Waals surface area contributed by atoms with Gasteiger partial charge in [-0.25, -0.2) is 4.79 Å². The summed E-state index contributed by atoms with van der Waals surface area (Å²) in [5.74, 6) is -3.34. The molecule has 0 spiro atoms. The molecule has 6 atom stereocenters. The molecule has 3 N–H and O–H groups in total. The number of carboxylic acids is 1. The Labute approximate surface area is 490 Å². The van der Waals surface area contributed by atoms with Gasteiger partial charge in [-0.2, -0.15) is 0 Å². The molecule has 1 saturated heterocycles. The van der Waals surface area contributed by atoms with Gasteiger partial charge in [-0.05, 0) is 116 Å². The van der Waals surface area contributed by atoms with Crippen molar-refractivity contribution < 1.29 is 58.2 Å². The van der Waals surface area contributed by atoms with E-state index in [0.717, 1.165) is 109 Å². The first kappa shape index (κ1) is 73.9. The van der Waals surface area contributed by atoms with E-state index in [9.17, 15) is 34.5 Å². The lowest BCUT2D eigenvalue weighted by atomic mass is 9.98. The van der Waals surface area contributed by atoms with E-state index in [-0.39, 0.29) is 25.9 Å². The van der Waals surface area contributed by atoms with Gasteiger partial charge < -0.3 is 39.0 Å². The fraction of sp³-hybridized carbons (Fsp3) is 0.623. The van der Waals surface area contributed by atoms with Crippen LogP contribution in [0.25, 0.3) is 0 Å². The van der Waals surface area contributed by atoms with Crippen molar-refractivity contribution >= 4 is 23.9 Å². The lowest BCUT2D eigenvalue weighted by molar-refractivity contribution is -0.301. The lowest BCUT2D eigenvalue weighted by Gasteiger charge is -2.40. The maximum atomic E-state index is 13.2. The summed E-state index contributed by atoms with van der Waals surface area (Å²) in [5, 5.41) is 31.5. The molecule has 0 aromatic carbocycles. The molecule has 0 radical (unpaired) electrons. The van der Waals surface area contributed by atoms with Gasteiger partial charge in [0.05, 0.1) is 13.0 Å². The molecule has 12 nitrogen and oxygen atoms in total. The van der Waals surface area contributed by atoms with Crippen LogP contribution in [0.5, 0.6) is 0 Å². The zero-order chi connectivity index (χ0) is 58.9. The van der Waals surface area contributed by atoms with E-state index in [1.165, 1.54) is 57.8 Å². The highest BCUT2D eigenvalue weighted by atomic mass is 16.7. The molecule has 0 saturated carbocycles. The van der Waals surface area contributed by atoms with E-state index in [4.69, 9.17) is 23.7 Å². The highest BCUT2D eigenvalue weighted by Crippen LogP contribution is 2.26. The van der Waals surface area contributed by atoms with Gasteiger partial charge in [0.15, 0.2) is 24.6 Å². The predicted octanol–water partition coefficient (Wildman–Crippen LogP) is 16.6. The van der Waals surface area contributed by atoms with Gasteiger partial charge >= 0.3 is 23.9 Å². The first-order valence-electron chi connectivity index (χ1n) is 31.2. The molecule has 12 heteroatoms. The van der Waals surface area contributed by atoms with Crippen LogP contribution in [0.2, 0.25) is 0 Å². The van der Waals surface area contributed by atoms with E-state index in [1.807, 2.05) is 12.2 Å². The zero-order valence-corrected chi connectivity index (χ0v) is 50.2. The van der Waals surface area contributed by atoms with Crippen LogP contribution in [-0.2, 0) is 42.9 Å². The third kappa shape index (κ3) is 45.1. The van der Waals surface area contributed by atoms with Crippen molar-refractivity contribution in [3.05, 3.63) is 134 Å². The molecule has 1 heterocycles. The first-order chi connectivity index (χ1) is 39.6. The quantitative estimate of drug-likeness (QED) is 0.0228. The molecule has 1 aliphatic heterocycles. The average Bonchev–Trinajstić information content (AvgIpc) is 3.53. The molecular weight excluding hydrogens is 1020 g/mol. The van der Waals surface area contributed by atoms with Crippen LogP contribution >= 0.6 is 0 Å². The number of carbonyl (C=O) groups excluding carboxylic acids is 3. The van der Waals surface area contributed by atoms with Gasteiger partial charge in [-0.3, -0.25) is 14.4 Å². The predicted molar refractivity (Wildman–Crippen MR) is 330 cm³/mol. The first-order valence-corrected chi connectivity index (χ1v) is 31.2. The van der Waals surface area contributed by atoms with E-state index in [2.05, 4.69) is 130 Å². The largest absolute Gasteiger partial charge is 0.479 e. The number of unbranched alkanes of at least 4 members (excludes halogenated alkanes) is 16. The summed E-state index contributed by atoms with van der Waals surface area (Å²) in [5.41, 5.74) is 0.